The van der Waals surface area contributed by atoms with Crippen molar-refractivity contribution in [2.45, 2.75) is 6.42 Å². The third-order valence-electron chi connectivity index (χ3n) is 3.52. The Balaban J connectivity index is 1.79. The molecule has 128 valence electrons. The predicted molar refractivity (Wildman–Crippen MR) is 93.7 cm³/mol. The first-order chi connectivity index (χ1) is 11.6. The maximum atomic E-state index is 13.5. The van der Waals surface area contributed by atoms with Gasteiger partial charge in [-0.15, -0.1) is 0 Å². The fraction of sp³-hybridized carbons (Fsp3) is 0.333. The Morgan fingerprint density at radius 1 is 1.17 bits per heavy atom. The monoisotopic (exact) mass is 330 g/mol. The van der Waals surface area contributed by atoms with E-state index >= 15 is 0 Å². The zero-order chi connectivity index (χ0) is 17.4. The molecule has 0 aliphatic heterocycles. The third-order valence-corrected chi connectivity index (χ3v) is 3.52. The number of halogens is 1. The molecule has 0 bridgehead atoms. The number of carbonyl (C=O) groups is 1. The Kier molecular flexibility index (Phi) is 6.69. The lowest BCUT2D eigenvalue weighted by Gasteiger charge is -2.11. The van der Waals surface area contributed by atoms with Gasteiger partial charge in [0.05, 0.1) is 11.9 Å². The number of amides is 1. The smallest absolute Gasteiger partial charge is 0.269 e. The number of aromatic nitrogens is 1. The van der Waals surface area contributed by atoms with Crippen molar-refractivity contribution in [3.05, 3.63) is 59.7 Å². The fourth-order valence-corrected chi connectivity index (χ4v) is 2.16. The molecule has 0 atom stereocenters. The summed E-state index contributed by atoms with van der Waals surface area (Å²) >= 11 is 0. The van der Waals surface area contributed by atoms with E-state index in [2.05, 4.69) is 20.5 Å². The summed E-state index contributed by atoms with van der Waals surface area (Å²) in [6.45, 7) is 2.09. The number of benzene rings is 1. The average Bonchev–Trinajstić information content (AvgIpc) is 2.57. The van der Waals surface area contributed by atoms with E-state index < -0.39 is 0 Å². The minimum Gasteiger partial charge on any atom is -0.383 e. The molecule has 2 N–H and O–H groups in total. The van der Waals surface area contributed by atoms with Crippen LogP contribution in [0.3, 0.4) is 0 Å². The summed E-state index contributed by atoms with van der Waals surface area (Å²) < 4.78 is 13.5. The normalized spacial score (nSPS) is 10.7. The van der Waals surface area contributed by atoms with E-state index in [9.17, 15) is 9.18 Å². The van der Waals surface area contributed by atoms with Gasteiger partial charge in [-0.2, -0.15) is 0 Å². The van der Waals surface area contributed by atoms with Crippen LogP contribution < -0.4 is 10.6 Å². The maximum absolute atomic E-state index is 13.5. The van der Waals surface area contributed by atoms with Crippen molar-refractivity contribution in [1.82, 2.24) is 15.2 Å². The summed E-state index contributed by atoms with van der Waals surface area (Å²) in [4.78, 5) is 18.3. The van der Waals surface area contributed by atoms with Crippen LogP contribution in [0.15, 0.2) is 42.6 Å². The molecule has 0 aliphatic carbocycles. The van der Waals surface area contributed by atoms with Crippen LogP contribution in [0.25, 0.3) is 0 Å². The summed E-state index contributed by atoms with van der Waals surface area (Å²) in [5.41, 5.74) is 1.81. The lowest BCUT2D eigenvalue weighted by atomic mass is 10.1. The maximum Gasteiger partial charge on any atom is 0.269 e. The number of hydrogen-bond acceptors (Lipinski definition) is 4. The van der Waals surface area contributed by atoms with Crippen LogP contribution in [0.4, 0.5) is 10.1 Å². The minimum absolute atomic E-state index is 0.252. The van der Waals surface area contributed by atoms with Gasteiger partial charge in [0.2, 0.25) is 0 Å². The third kappa shape index (κ3) is 5.62. The van der Waals surface area contributed by atoms with Gasteiger partial charge in [0.25, 0.3) is 5.91 Å². The fourth-order valence-electron chi connectivity index (χ4n) is 2.16. The van der Waals surface area contributed by atoms with Crippen molar-refractivity contribution in [1.29, 1.82) is 0 Å². The van der Waals surface area contributed by atoms with Crippen LogP contribution in [0.5, 0.6) is 0 Å². The molecular formula is C18H23FN4O. The molecule has 0 saturated carbocycles. The molecule has 5 nitrogen and oxygen atoms in total. The van der Waals surface area contributed by atoms with Crippen LogP contribution in [0, 0.1) is 5.82 Å². The van der Waals surface area contributed by atoms with Crippen molar-refractivity contribution < 1.29 is 9.18 Å². The standard InChI is InChI=1S/C18H23FN4O/c1-23(2)12-11-20-15-7-8-17(22-13-15)18(24)21-10-9-14-5-3-4-6-16(14)19/h3-8,13,20H,9-12H2,1-2H3,(H,21,24). The van der Waals surface area contributed by atoms with Gasteiger partial charge in [-0.05, 0) is 44.3 Å². The highest BCUT2D eigenvalue weighted by atomic mass is 19.1. The summed E-state index contributed by atoms with van der Waals surface area (Å²) in [7, 11) is 4.02. The molecule has 1 heterocycles. The molecule has 0 radical (unpaired) electrons. The SMILES string of the molecule is CN(C)CCNc1ccc(C(=O)NCCc2ccccc2F)nc1. The number of nitrogens with zero attached hydrogens (tertiary/aromatic N) is 2. The van der Waals surface area contributed by atoms with Gasteiger partial charge < -0.3 is 15.5 Å². The van der Waals surface area contributed by atoms with Gasteiger partial charge in [-0.25, -0.2) is 9.37 Å². The molecule has 6 heteroatoms. The Morgan fingerprint density at radius 2 is 1.96 bits per heavy atom. The Morgan fingerprint density at radius 3 is 2.62 bits per heavy atom. The average molecular weight is 330 g/mol. The van der Waals surface area contributed by atoms with E-state index in [1.54, 1.807) is 30.5 Å². The number of carbonyl (C=O) groups excluding carboxylic acids is 1. The van der Waals surface area contributed by atoms with Gasteiger partial charge in [0, 0.05) is 19.6 Å². The Labute approximate surface area is 141 Å². The lowest BCUT2D eigenvalue weighted by Crippen LogP contribution is -2.26. The summed E-state index contributed by atoms with van der Waals surface area (Å²) in [5.74, 6) is -0.510. The van der Waals surface area contributed by atoms with Crippen molar-refractivity contribution in [3.8, 4) is 0 Å². The lowest BCUT2D eigenvalue weighted by molar-refractivity contribution is 0.0949. The zero-order valence-electron chi connectivity index (χ0n) is 14.1. The number of hydrogen-bond donors (Lipinski definition) is 2. The zero-order valence-corrected chi connectivity index (χ0v) is 14.1. The predicted octanol–water partition coefficient (Wildman–Crippen LogP) is 2.17. The molecule has 1 amide bonds. The Hall–Kier alpha value is -2.47. The van der Waals surface area contributed by atoms with Crippen molar-refractivity contribution >= 4 is 11.6 Å². The highest BCUT2D eigenvalue weighted by Gasteiger charge is 2.07. The number of rotatable bonds is 8. The second-order valence-electron chi connectivity index (χ2n) is 5.76. The number of likely N-dealkylation sites (N-methyl/N-ethyl adjacent to an activating group) is 1. The van der Waals surface area contributed by atoms with Crippen LogP contribution in [-0.2, 0) is 6.42 Å². The molecule has 2 rings (SSSR count). The number of anilines is 1. The number of nitrogens with one attached hydrogen (secondary N) is 2. The first-order valence-corrected chi connectivity index (χ1v) is 7.92. The second kappa shape index (κ2) is 8.98. The molecule has 24 heavy (non-hydrogen) atoms. The first-order valence-electron chi connectivity index (χ1n) is 7.92. The molecule has 0 aliphatic rings. The molecule has 0 spiro atoms. The summed E-state index contributed by atoms with van der Waals surface area (Å²) in [6, 6.07) is 10.1. The van der Waals surface area contributed by atoms with Gasteiger partial charge in [0.15, 0.2) is 0 Å². The topological polar surface area (TPSA) is 57.3 Å². The first kappa shape index (κ1) is 17.9. The van der Waals surface area contributed by atoms with Crippen molar-refractivity contribution in [2.24, 2.45) is 0 Å². The van der Waals surface area contributed by atoms with E-state index in [-0.39, 0.29) is 11.7 Å². The highest BCUT2D eigenvalue weighted by molar-refractivity contribution is 5.92. The largest absolute Gasteiger partial charge is 0.383 e. The van der Waals surface area contributed by atoms with Crippen LogP contribution in [-0.4, -0.2) is 49.5 Å². The highest BCUT2D eigenvalue weighted by Crippen LogP contribution is 2.07. The molecule has 0 unspecified atom stereocenters. The quantitative estimate of drug-likeness (QED) is 0.779. The van der Waals surface area contributed by atoms with Gasteiger partial charge >= 0.3 is 0 Å². The minimum atomic E-state index is -0.258. The van der Waals surface area contributed by atoms with Crippen LogP contribution in [0.1, 0.15) is 16.1 Å². The Bertz CT molecular complexity index is 658. The molecule has 0 fully saturated rings. The van der Waals surface area contributed by atoms with E-state index in [0.717, 1.165) is 18.8 Å². The molecule has 1 aromatic carbocycles. The van der Waals surface area contributed by atoms with Crippen LogP contribution in [0.2, 0.25) is 0 Å². The van der Waals surface area contributed by atoms with E-state index in [4.69, 9.17) is 0 Å². The van der Waals surface area contributed by atoms with Gasteiger partial charge in [-0.1, -0.05) is 18.2 Å². The van der Waals surface area contributed by atoms with E-state index in [1.807, 2.05) is 20.2 Å². The molecule has 0 saturated heterocycles. The van der Waals surface area contributed by atoms with Crippen molar-refractivity contribution in [2.75, 3.05) is 39.0 Å². The molecule has 1 aromatic heterocycles. The van der Waals surface area contributed by atoms with E-state index in [0.29, 0.717) is 24.2 Å². The summed E-state index contributed by atoms with van der Waals surface area (Å²) in [6.07, 6.45) is 2.09. The molecular weight excluding hydrogens is 307 g/mol. The van der Waals surface area contributed by atoms with Crippen LogP contribution >= 0.6 is 0 Å². The van der Waals surface area contributed by atoms with Gasteiger partial charge in [-0.3, -0.25) is 4.79 Å². The van der Waals surface area contributed by atoms with E-state index in [1.165, 1.54) is 6.07 Å². The number of pyridine rings is 1. The second-order valence-corrected chi connectivity index (χ2v) is 5.76. The van der Waals surface area contributed by atoms with Crippen molar-refractivity contribution in [3.63, 3.8) is 0 Å². The molecule has 2 aromatic rings. The summed E-state index contributed by atoms with van der Waals surface area (Å²) in [5, 5.41) is 5.99. The van der Waals surface area contributed by atoms with Gasteiger partial charge in [0.1, 0.15) is 11.5 Å².